The zero-order chi connectivity index (χ0) is 13.1. The van der Waals surface area contributed by atoms with Gasteiger partial charge in [-0.15, -0.1) is 0 Å². The molecule has 1 unspecified atom stereocenters. The number of carboxylic acid groups (broad SMARTS) is 1. The van der Waals surface area contributed by atoms with Gasteiger partial charge in [0.2, 0.25) is 5.91 Å². The maximum absolute atomic E-state index is 11.9. The Kier molecular flexibility index (Phi) is 3.50. The number of nitrogens with one attached hydrogen (secondary N) is 1. The molecule has 5 nitrogen and oxygen atoms in total. The van der Waals surface area contributed by atoms with Crippen LogP contribution in [-0.2, 0) is 16.0 Å². The number of carbonyl (C=O) groups excluding carboxylic acids is 1. The first kappa shape index (κ1) is 12.4. The average Bonchev–Trinajstić information content (AvgIpc) is 2.37. The van der Waals surface area contributed by atoms with E-state index in [9.17, 15) is 9.59 Å². The molecule has 2 atom stereocenters. The van der Waals surface area contributed by atoms with Crippen molar-refractivity contribution in [1.82, 2.24) is 5.32 Å². The Morgan fingerprint density at radius 2 is 2.17 bits per heavy atom. The Morgan fingerprint density at radius 3 is 2.89 bits per heavy atom. The van der Waals surface area contributed by atoms with Gasteiger partial charge in [0.05, 0.1) is 5.92 Å². The highest BCUT2D eigenvalue weighted by Crippen LogP contribution is 2.26. The van der Waals surface area contributed by atoms with Gasteiger partial charge in [0.1, 0.15) is 18.4 Å². The lowest BCUT2D eigenvalue weighted by atomic mass is 9.96. The molecule has 0 spiro atoms. The zero-order valence-corrected chi connectivity index (χ0v) is 10.1. The topological polar surface area (TPSA) is 75.6 Å². The second-order valence-corrected chi connectivity index (χ2v) is 4.39. The molecule has 0 saturated heterocycles. The Hall–Kier alpha value is -2.04. The highest BCUT2D eigenvalue weighted by atomic mass is 16.5. The monoisotopic (exact) mass is 249 g/mol. The van der Waals surface area contributed by atoms with Crippen LogP contribution >= 0.6 is 0 Å². The van der Waals surface area contributed by atoms with Crippen molar-refractivity contribution in [1.29, 1.82) is 0 Å². The minimum absolute atomic E-state index is 0.278. The van der Waals surface area contributed by atoms with Crippen LogP contribution in [0.15, 0.2) is 24.3 Å². The van der Waals surface area contributed by atoms with Crippen LogP contribution in [0.2, 0.25) is 0 Å². The largest absolute Gasteiger partial charge is 0.492 e. The highest BCUT2D eigenvalue weighted by Gasteiger charge is 2.27. The standard InChI is InChI=1S/C13H15NO4/c1-8(13(16)17)14-12(15)10-6-9-4-2-3-5-11(9)18-7-10/h2-5,8,10H,6-7H2,1H3,(H,14,15)(H,16,17)/t8-,10?/m0/s1. The molecular formula is C13H15NO4. The molecule has 0 aliphatic carbocycles. The summed E-state index contributed by atoms with van der Waals surface area (Å²) >= 11 is 0. The summed E-state index contributed by atoms with van der Waals surface area (Å²) in [6.07, 6.45) is 0.578. The number of aliphatic carboxylic acids is 1. The SMILES string of the molecule is C[C@H](NC(=O)C1COc2ccccc2C1)C(=O)O. The lowest BCUT2D eigenvalue weighted by Gasteiger charge is -2.25. The maximum atomic E-state index is 11.9. The first-order valence-electron chi connectivity index (χ1n) is 5.82. The summed E-state index contributed by atoms with van der Waals surface area (Å²) in [5, 5.41) is 11.2. The van der Waals surface area contributed by atoms with Crippen LogP contribution in [0.5, 0.6) is 5.75 Å². The van der Waals surface area contributed by atoms with Crippen LogP contribution in [0, 0.1) is 5.92 Å². The summed E-state index contributed by atoms with van der Waals surface area (Å²) in [7, 11) is 0. The lowest BCUT2D eigenvalue weighted by Crippen LogP contribution is -2.44. The van der Waals surface area contributed by atoms with Crippen molar-refractivity contribution in [2.75, 3.05) is 6.61 Å². The number of rotatable bonds is 3. The molecule has 18 heavy (non-hydrogen) atoms. The molecule has 0 saturated carbocycles. The van der Waals surface area contributed by atoms with Gasteiger partial charge in [0, 0.05) is 0 Å². The molecule has 0 fully saturated rings. The number of carbonyl (C=O) groups is 2. The van der Waals surface area contributed by atoms with Gasteiger partial charge in [0.25, 0.3) is 0 Å². The van der Waals surface area contributed by atoms with Crippen LogP contribution in [0.25, 0.3) is 0 Å². The number of benzene rings is 1. The number of amides is 1. The molecule has 1 heterocycles. The van der Waals surface area contributed by atoms with Crippen molar-refractivity contribution in [2.24, 2.45) is 5.92 Å². The van der Waals surface area contributed by atoms with Crippen molar-refractivity contribution in [2.45, 2.75) is 19.4 Å². The molecule has 1 aromatic carbocycles. The van der Waals surface area contributed by atoms with Gasteiger partial charge in [-0.05, 0) is 25.0 Å². The van der Waals surface area contributed by atoms with Gasteiger partial charge >= 0.3 is 5.97 Å². The molecule has 0 radical (unpaired) electrons. The van der Waals surface area contributed by atoms with E-state index in [4.69, 9.17) is 9.84 Å². The predicted octanol–water partition coefficient (Wildman–Crippen LogP) is 0.827. The number of para-hydroxylation sites is 1. The van der Waals surface area contributed by atoms with E-state index in [-0.39, 0.29) is 18.4 Å². The fourth-order valence-electron chi connectivity index (χ4n) is 1.89. The third kappa shape index (κ3) is 2.61. The zero-order valence-electron chi connectivity index (χ0n) is 10.1. The molecule has 96 valence electrons. The summed E-state index contributed by atoms with van der Waals surface area (Å²) in [6.45, 7) is 1.73. The van der Waals surface area contributed by atoms with Gasteiger partial charge in [-0.3, -0.25) is 9.59 Å². The van der Waals surface area contributed by atoms with Crippen molar-refractivity contribution in [3.8, 4) is 5.75 Å². The van der Waals surface area contributed by atoms with Crippen molar-refractivity contribution >= 4 is 11.9 Å². The number of carboxylic acids is 1. The first-order valence-corrected chi connectivity index (χ1v) is 5.82. The van der Waals surface area contributed by atoms with Crippen molar-refractivity contribution in [3.63, 3.8) is 0 Å². The normalized spacial score (nSPS) is 19.3. The van der Waals surface area contributed by atoms with Crippen LogP contribution in [0.1, 0.15) is 12.5 Å². The minimum atomic E-state index is -1.04. The molecule has 1 amide bonds. The van der Waals surface area contributed by atoms with E-state index in [2.05, 4.69) is 5.32 Å². The van der Waals surface area contributed by atoms with Crippen LogP contribution in [0.3, 0.4) is 0 Å². The van der Waals surface area contributed by atoms with E-state index in [0.717, 1.165) is 11.3 Å². The Balaban J connectivity index is 2.00. The molecular weight excluding hydrogens is 234 g/mol. The number of ether oxygens (including phenoxy) is 1. The Morgan fingerprint density at radius 1 is 1.44 bits per heavy atom. The van der Waals surface area contributed by atoms with E-state index in [0.29, 0.717) is 6.42 Å². The first-order chi connectivity index (χ1) is 8.58. The quantitative estimate of drug-likeness (QED) is 0.831. The van der Waals surface area contributed by atoms with Crippen LogP contribution in [-0.4, -0.2) is 29.6 Å². The second kappa shape index (κ2) is 5.08. The molecule has 5 heteroatoms. The molecule has 2 rings (SSSR count). The molecule has 1 aliphatic heterocycles. The summed E-state index contributed by atoms with van der Waals surface area (Å²) in [6, 6.07) is 6.67. The maximum Gasteiger partial charge on any atom is 0.325 e. The second-order valence-electron chi connectivity index (χ2n) is 4.39. The van der Waals surface area contributed by atoms with E-state index < -0.39 is 12.0 Å². The fourth-order valence-corrected chi connectivity index (χ4v) is 1.89. The summed E-state index contributed by atoms with van der Waals surface area (Å²) in [5.41, 5.74) is 0.979. The van der Waals surface area contributed by atoms with E-state index in [1.165, 1.54) is 6.92 Å². The third-order valence-corrected chi connectivity index (χ3v) is 2.98. The number of hydrogen-bond acceptors (Lipinski definition) is 3. The van der Waals surface area contributed by atoms with Gasteiger partial charge in [0.15, 0.2) is 0 Å². The van der Waals surface area contributed by atoms with Crippen molar-refractivity contribution in [3.05, 3.63) is 29.8 Å². The predicted molar refractivity (Wildman–Crippen MR) is 64.4 cm³/mol. The molecule has 2 N–H and O–H groups in total. The lowest BCUT2D eigenvalue weighted by molar-refractivity contribution is -0.142. The Bertz CT molecular complexity index is 472. The van der Waals surface area contributed by atoms with Crippen LogP contribution in [0.4, 0.5) is 0 Å². The van der Waals surface area contributed by atoms with E-state index in [1.807, 2.05) is 24.3 Å². The fraction of sp³-hybridized carbons (Fsp3) is 0.385. The molecule has 1 aliphatic rings. The molecule has 0 aromatic heterocycles. The summed E-state index contributed by atoms with van der Waals surface area (Å²) in [4.78, 5) is 22.5. The van der Waals surface area contributed by atoms with Gasteiger partial charge in [-0.2, -0.15) is 0 Å². The van der Waals surface area contributed by atoms with Crippen molar-refractivity contribution < 1.29 is 19.4 Å². The summed E-state index contributed by atoms with van der Waals surface area (Å²) in [5.74, 6) is -0.852. The highest BCUT2D eigenvalue weighted by molar-refractivity contribution is 5.85. The van der Waals surface area contributed by atoms with Gasteiger partial charge < -0.3 is 15.2 Å². The van der Waals surface area contributed by atoms with Gasteiger partial charge in [-0.25, -0.2) is 0 Å². The van der Waals surface area contributed by atoms with Gasteiger partial charge in [-0.1, -0.05) is 18.2 Å². The Labute approximate surface area is 105 Å². The number of hydrogen-bond donors (Lipinski definition) is 2. The smallest absolute Gasteiger partial charge is 0.325 e. The van der Waals surface area contributed by atoms with E-state index >= 15 is 0 Å². The molecule has 0 bridgehead atoms. The van der Waals surface area contributed by atoms with Crippen LogP contribution < -0.4 is 10.1 Å². The minimum Gasteiger partial charge on any atom is -0.492 e. The average molecular weight is 249 g/mol. The number of fused-ring (bicyclic) bond motifs is 1. The van der Waals surface area contributed by atoms with E-state index in [1.54, 1.807) is 0 Å². The third-order valence-electron chi connectivity index (χ3n) is 2.98. The molecule has 1 aromatic rings. The summed E-state index contributed by atoms with van der Waals surface area (Å²) < 4.78 is 5.49.